The predicted octanol–water partition coefficient (Wildman–Crippen LogP) is 2.95. The lowest BCUT2D eigenvalue weighted by atomic mass is 10.0. The fourth-order valence-electron chi connectivity index (χ4n) is 2.12. The van der Waals surface area contributed by atoms with E-state index in [2.05, 4.69) is 0 Å². The van der Waals surface area contributed by atoms with E-state index in [4.69, 9.17) is 18.9 Å². The number of hydrogen-bond donors (Lipinski definition) is 0. The minimum Gasteiger partial charge on any atom is -0.497 e. The van der Waals surface area contributed by atoms with Gasteiger partial charge in [-0.25, -0.2) is 0 Å². The molecular formula is C17H18O5. The van der Waals surface area contributed by atoms with Gasteiger partial charge in [-0.2, -0.15) is 0 Å². The van der Waals surface area contributed by atoms with Crippen LogP contribution >= 0.6 is 0 Å². The van der Waals surface area contributed by atoms with Gasteiger partial charge in [-0.15, -0.1) is 0 Å². The van der Waals surface area contributed by atoms with Crippen LogP contribution in [0.5, 0.6) is 23.0 Å². The van der Waals surface area contributed by atoms with Gasteiger partial charge in [-0.05, 0) is 30.3 Å². The van der Waals surface area contributed by atoms with Crippen LogP contribution in [0.15, 0.2) is 36.4 Å². The second-order valence-corrected chi connectivity index (χ2v) is 4.47. The molecule has 0 amide bonds. The van der Waals surface area contributed by atoms with E-state index in [1.165, 1.54) is 14.2 Å². The molecule has 0 bridgehead atoms. The van der Waals surface area contributed by atoms with Crippen LogP contribution in [0.3, 0.4) is 0 Å². The van der Waals surface area contributed by atoms with Crippen molar-refractivity contribution in [3.8, 4) is 23.0 Å². The number of carbonyl (C=O) groups is 1. The lowest BCUT2D eigenvalue weighted by molar-refractivity contribution is 0.103. The highest BCUT2D eigenvalue weighted by molar-refractivity contribution is 6.11. The number of rotatable bonds is 6. The molecule has 0 aliphatic rings. The second kappa shape index (κ2) is 6.85. The van der Waals surface area contributed by atoms with Crippen molar-refractivity contribution in [2.75, 3.05) is 28.4 Å². The quantitative estimate of drug-likeness (QED) is 0.768. The number of ketones is 1. The number of carbonyl (C=O) groups excluding carboxylic acids is 1. The van der Waals surface area contributed by atoms with Gasteiger partial charge < -0.3 is 18.9 Å². The molecule has 116 valence electrons. The van der Waals surface area contributed by atoms with E-state index in [9.17, 15) is 4.79 Å². The summed E-state index contributed by atoms with van der Waals surface area (Å²) < 4.78 is 20.8. The van der Waals surface area contributed by atoms with Gasteiger partial charge in [0.2, 0.25) is 0 Å². The summed E-state index contributed by atoms with van der Waals surface area (Å²) in [5.74, 6) is 1.99. The van der Waals surface area contributed by atoms with E-state index in [0.29, 0.717) is 34.1 Å². The Morgan fingerprint density at radius 2 is 1.41 bits per heavy atom. The first kappa shape index (κ1) is 15.7. The van der Waals surface area contributed by atoms with Crippen molar-refractivity contribution in [3.63, 3.8) is 0 Å². The summed E-state index contributed by atoms with van der Waals surface area (Å²) in [6.45, 7) is 0. The maximum absolute atomic E-state index is 12.7. The van der Waals surface area contributed by atoms with Crippen molar-refractivity contribution >= 4 is 5.78 Å². The lowest BCUT2D eigenvalue weighted by Crippen LogP contribution is -2.05. The average Bonchev–Trinajstić information content (AvgIpc) is 2.59. The van der Waals surface area contributed by atoms with Crippen molar-refractivity contribution < 1.29 is 23.7 Å². The molecule has 0 unspecified atom stereocenters. The van der Waals surface area contributed by atoms with Crippen LogP contribution in [0.4, 0.5) is 0 Å². The SMILES string of the molecule is COc1ccc(C(=O)c2ccc(OC)c(OC)c2)c(OC)c1. The molecule has 0 fully saturated rings. The largest absolute Gasteiger partial charge is 0.497 e. The maximum atomic E-state index is 12.7. The van der Waals surface area contributed by atoms with E-state index in [1.807, 2.05) is 0 Å². The summed E-state index contributed by atoms with van der Waals surface area (Å²) in [6, 6.07) is 10.1. The maximum Gasteiger partial charge on any atom is 0.196 e. The molecule has 0 aliphatic carbocycles. The summed E-state index contributed by atoms with van der Waals surface area (Å²) in [7, 11) is 6.15. The van der Waals surface area contributed by atoms with E-state index in [1.54, 1.807) is 50.6 Å². The summed E-state index contributed by atoms with van der Waals surface area (Å²) in [5, 5.41) is 0. The Morgan fingerprint density at radius 3 is 2.00 bits per heavy atom. The Hall–Kier alpha value is -2.69. The molecule has 0 spiro atoms. The van der Waals surface area contributed by atoms with Gasteiger partial charge in [0, 0.05) is 11.6 Å². The van der Waals surface area contributed by atoms with Gasteiger partial charge in [-0.3, -0.25) is 4.79 Å². The number of benzene rings is 2. The molecule has 0 aromatic heterocycles. The smallest absolute Gasteiger partial charge is 0.196 e. The fraction of sp³-hybridized carbons (Fsp3) is 0.235. The predicted molar refractivity (Wildman–Crippen MR) is 82.5 cm³/mol. The lowest BCUT2D eigenvalue weighted by Gasteiger charge is -2.11. The Balaban J connectivity index is 2.43. The van der Waals surface area contributed by atoms with Gasteiger partial charge in [0.25, 0.3) is 0 Å². The third-order valence-corrected chi connectivity index (χ3v) is 3.30. The summed E-state index contributed by atoms with van der Waals surface area (Å²) in [5.41, 5.74) is 0.941. The normalized spacial score (nSPS) is 10.0. The van der Waals surface area contributed by atoms with Gasteiger partial charge in [-0.1, -0.05) is 0 Å². The Kier molecular flexibility index (Phi) is 4.88. The first-order chi connectivity index (χ1) is 10.6. The highest BCUT2D eigenvalue weighted by Crippen LogP contribution is 2.31. The number of methoxy groups -OCH3 is 4. The fourth-order valence-corrected chi connectivity index (χ4v) is 2.12. The minimum absolute atomic E-state index is 0.166. The molecule has 2 aromatic rings. The molecule has 5 nitrogen and oxygen atoms in total. The highest BCUT2D eigenvalue weighted by atomic mass is 16.5. The average molecular weight is 302 g/mol. The van der Waals surface area contributed by atoms with Crippen LogP contribution in [0, 0.1) is 0 Å². The third kappa shape index (κ3) is 2.98. The Morgan fingerprint density at radius 1 is 0.727 bits per heavy atom. The van der Waals surface area contributed by atoms with Crippen molar-refractivity contribution in [2.24, 2.45) is 0 Å². The molecular weight excluding hydrogens is 284 g/mol. The van der Waals surface area contributed by atoms with Crippen molar-refractivity contribution in [1.82, 2.24) is 0 Å². The van der Waals surface area contributed by atoms with Crippen LogP contribution < -0.4 is 18.9 Å². The second-order valence-electron chi connectivity index (χ2n) is 4.47. The van der Waals surface area contributed by atoms with Gasteiger partial charge in [0.05, 0.1) is 34.0 Å². The monoisotopic (exact) mass is 302 g/mol. The zero-order valence-corrected chi connectivity index (χ0v) is 13.0. The summed E-state index contributed by atoms with van der Waals surface area (Å²) in [6.07, 6.45) is 0. The van der Waals surface area contributed by atoms with E-state index in [-0.39, 0.29) is 5.78 Å². The minimum atomic E-state index is -0.166. The Bertz CT molecular complexity index is 679. The molecule has 0 N–H and O–H groups in total. The molecule has 0 saturated heterocycles. The third-order valence-electron chi connectivity index (χ3n) is 3.30. The molecule has 0 aliphatic heterocycles. The van der Waals surface area contributed by atoms with Gasteiger partial charge in [0.1, 0.15) is 11.5 Å². The van der Waals surface area contributed by atoms with Gasteiger partial charge >= 0.3 is 0 Å². The topological polar surface area (TPSA) is 54.0 Å². The molecule has 0 atom stereocenters. The van der Waals surface area contributed by atoms with Crippen LogP contribution in [0.1, 0.15) is 15.9 Å². The van der Waals surface area contributed by atoms with Crippen LogP contribution in [-0.2, 0) is 0 Å². The molecule has 5 heteroatoms. The molecule has 0 heterocycles. The van der Waals surface area contributed by atoms with E-state index >= 15 is 0 Å². The molecule has 2 aromatic carbocycles. The van der Waals surface area contributed by atoms with Crippen LogP contribution in [0.25, 0.3) is 0 Å². The van der Waals surface area contributed by atoms with Crippen molar-refractivity contribution in [1.29, 1.82) is 0 Å². The Labute approximate surface area is 129 Å². The first-order valence-corrected chi connectivity index (χ1v) is 6.63. The van der Waals surface area contributed by atoms with E-state index in [0.717, 1.165) is 0 Å². The molecule has 22 heavy (non-hydrogen) atoms. The van der Waals surface area contributed by atoms with E-state index < -0.39 is 0 Å². The highest BCUT2D eigenvalue weighted by Gasteiger charge is 2.17. The van der Waals surface area contributed by atoms with Crippen molar-refractivity contribution in [2.45, 2.75) is 0 Å². The van der Waals surface area contributed by atoms with Crippen LogP contribution in [-0.4, -0.2) is 34.2 Å². The standard InChI is InChI=1S/C17H18O5/c1-19-12-6-7-13(15(10-12)21-3)17(18)11-5-8-14(20-2)16(9-11)22-4/h5-10H,1-4H3. The number of ether oxygens (including phenoxy) is 4. The molecule has 0 saturated carbocycles. The molecule has 2 rings (SSSR count). The van der Waals surface area contributed by atoms with Crippen LogP contribution in [0.2, 0.25) is 0 Å². The first-order valence-electron chi connectivity index (χ1n) is 6.63. The summed E-state index contributed by atoms with van der Waals surface area (Å²) >= 11 is 0. The number of hydrogen-bond acceptors (Lipinski definition) is 5. The molecule has 0 radical (unpaired) electrons. The summed E-state index contributed by atoms with van der Waals surface area (Å²) in [4.78, 5) is 12.7. The zero-order valence-electron chi connectivity index (χ0n) is 13.0. The van der Waals surface area contributed by atoms with Crippen molar-refractivity contribution in [3.05, 3.63) is 47.5 Å². The van der Waals surface area contributed by atoms with Gasteiger partial charge in [0.15, 0.2) is 17.3 Å². The zero-order chi connectivity index (χ0) is 16.1.